The molecule has 0 aromatic heterocycles. The molecule has 3 N–H and O–H groups in total. The molecule has 5 heteroatoms. The Labute approximate surface area is 130 Å². The van der Waals surface area contributed by atoms with E-state index in [4.69, 9.17) is 5.11 Å². The minimum absolute atomic E-state index is 0.389. The predicted octanol–water partition coefficient (Wildman–Crippen LogP) is 3.01. The molecule has 4 nitrogen and oxygen atoms in total. The molecule has 21 heavy (non-hydrogen) atoms. The van der Waals surface area contributed by atoms with Gasteiger partial charge in [0.2, 0.25) is 0 Å². The quantitative estimate of drug-likeness (QED) is 0.360. The van der Waals surface area contributed by atoms with Gasteiger partial charge in [-0.15, -0.1) is 0 Å². The van der Waals surface area contributed by atoms with Gasteiger partial charge in [-0.3, -0.25) is 4.79 Å². The molecular weight excluding hydrogens is 284 g/mol. The molecule has 0 radical (unpaired) electrons. The van der Waals surface area contributed by atoms with Crippen molar-refractivity contribution in [2.75, 3.05) is 6.61 Å². The number of rotatable bonds is 13. The van der Waals surface area contributed by atoms with Crippen molar-refractivity contribution in [2.24, 2.45) is 0 Å². The minimum Gasteiger partial charge on any atom is -0.432 e. The van der Waals surface area contributed by atoms with Crippen LogP contribution in [0.2, 0.25) is 18.6 Å². The monoisotopic (exact) mass is 318 g/mol. The predicted molar refractivity (Wildman–Crippen MR) is 88.8 cm³/mol. The van der Waals surface area contributed by atoms with E-state index in [-0.39, 0.29) is 5.78 Å². The first-order valence-electron chi connectivity index (χ1n) is 8.39. The maximum atomic E-state index is 12.0. The maximum absolute atomic E-state index is 12.0. The van der Waals surface area contributed by atoms with E-state index in [9.17, 15) is 14.7 Å². The second-order valence-electron chi connectivity index (χ2n) is 6.57. The van der Waals surface area contributed by atoms with E-state index in [1.165, 1.54) is 38.5 Å². The Morgan fingerprint density at radius 2 is 1.48 bits per heavy atom. The zero-order chi connectivity index (χ0) is 16.3. The molecule has 0 aromatic rings. The van der Waals surface area contributed by atoms with Crippen molar-refractivity contribution in [3.05, 3.63) is 0 Å². The second kappa shape index (κ2) is 11.3. The normalized spacial score (nSPS) is 15.0. The summed E-state index contributed by atoms with van der Waals surface area (Å²) in [7, 11) is -2.64. The molecule has 0 aliphatic carbocycles. The molecule has 2 unspecified atom stereocenters. The molecule has 0 fully saturated rings. The van der Waals surface area contributed by atoms with Gasteiger partial charge in [0, 0.05) is 5.54 Å². The number of hydrogen-bond donors (Lipinski definition) is 3. The van der Waals surface area contributed by atoms with Crippen LogP contribution >= 0.6 is 0 Å². The maximum Gasteiger partial charge on any atom is 0.192 e. The van der Waals surface area contributed by atoms with E-state index in [0.29, 0.717) is 6.42 Å². The summed E-state index contributed by atoms with van der Waals surface area (Å²) in [5.74, 6) is -0.389. The molecule has 0 aliphatic rings. The Hall–Kier alpha value is -0.233. The summed E-state index contributed by atoms with van der Waals surface area (Å²) in [6.45, 7) is 5.10. The molecule has 0 heterocycles. The summed E-state index contributed by atoms with van der Waals surface area (Å²) in [5, 5.41) is 18.4. The molecule has 126 valence electrons. The molecule has 0 saturated heterocycles. The molecule has 0 bridgehead atoms. The van der Waals surface area contributed by atoms with E-state index in [1.54, 1.807) is 13.1 Å². The number of carbonyl (C=O) groups is 1. The van der Waals surface area contributed by atoms with Gasteiger partial charge in [0.1, 0.15) is 6.10 Å². The zero-order valence-electron chi connectivity index (χ0n) is 14.0. The average molecular weight is 319 g/mol. The lowest BCUT2D eigenvalue weighted by Crippen LogP contribution is -2.42. The molecular formula is C16H34O4Si. The largest absolute Gasteiger partial charge is 0.432 e. The topological polar surface area (TPSA) is 77.8 Å². The van der Waals surface area contributed by atoms with E-state index < -0.39 is 26.6 Å². The van der Waals surface area contributed by atoms with Crippen LogP contribution in [0.4, 0.5) is 0 Å². The third kappa shape index (κ3) is 9.40. The Bertz CT molecular complexity index is 276. The highest BCUT2D eigenvalue weighted by molar-refractivity contribution is 6.74. The zero-order valence-corrected chi connectivity index (χ0v) is 15.0. The Balaban J connectivity index is 4.02. The molecule has 0 rings (SSSR count). The van der Waals surface area contributed by atoms with Crippen molar-refractivity contribution in [3.8, 4) is 0 Å². The van der Waals surface area contributed by atoms with Crippen LogP contribution < -0.4 is 0 Å². The Morgan fingerprint density at radius 3 is 1.90 bits per heavy atom. The summed E-state index contributed by atoms with van der Waals surface area (Å²) in [5.41, 5.74) is -0.472. The van der Waals surface area contributed by atoms with Gasteiger partial charge >= 0.3 is 0 Å². The van der Waals surface area contributed by atoms with Crippen LogP contribution in [0.3, 0.4) is 0 Å². The van der Waals surface area contributed by atoms with Gasteiger partial charge in [-0.05, 0) is 19.5 Å². The minimum atomic E-state index is -2.64. The van der Waals surface area contributed by atoms with Crippen LogP contribution in [0.15, 0.2) is 0 Å². The van der Waals surface area contributed by atoms with Crippen molar-refractivity contribution in [1.29, 1.82) is 0 Å². The van der Waals surface area contributed by atoms with E-state index >= 15 is 0 Å². The summed E-state index contributed by atoms with van der Waals surface area (Å²) in [4.78, 5) is 22.2. The van der Waals surface area contributed by atoms with Gasteiger partial charge in [0.05, 0.1) is 6.61 Å². The Kier molecular flexibility index (Phi) is 11.2. The number of aliphatic hydroxyl groups is 2. The van der Waals surface area contributed by atoms with Crippen LogP contribution in [-0.2, 0) is 4.79 Å². The van der Waals surface area contributed by atoms with Crippen LogP contribution in [0.25, 0.3) is 0 Å². The van der Waals surface area contributed by atoms with Crippen LogP contribution in [-0.4, -0.2) is 41.8 Å². The molecule has 0 saturated carbocycles. The molecule has 0 spiro atoms. The molecule has 0 aliphatic heterocycles. The SMILES string of the molecule is CCCCCCCCCCC(C(=O)C(O)CO)[Si](C)(C)O. The first-order valence-corrected chi connectivity index (χ1v) is 11.4. The molecule has 0 amide bonds. The third-order valence-electron chi connectivity index (χ3n) is 4.04. The van der Waals surface area contributed by atoms with Gasteiger partial charge in [0.15, 0.2) is 14.1 Å². The van der Waals surface area contributed by atoms with Gasteiger partial charge in [0.25, 0.3) is 0 Å². The Morgan fingerprint density at radius 1 is 1.00 bits per heavy atom. The first kappa shape index (κ1) is 20.8. The standard InChI is InChI=1S/C16H34O4Si/c1-4-5-6-7-8-9-10-11-12-15(21(2,3)20)16(19)14(18)13-17/h14-15,17-18,20H,4-13H2,1-3H3. The molecule has 2 atom stereocenters. The van der Waals surface area contributed by atoms with Crippen LogP contribution in [0, 0.1) is 0 Å². The van der Waals surface area contributed by atoms with Crippen molar-refractivity contribution in [2.45, 2.75) is 89.5 Å². The van der Waals surface area contributed by atoms with Gasteiger partial charge in [-0.25, -0.2) is 0 Å². The first-order chi connectivity index (χ1) is 9.84. The average Bonchev–Trinajstić information content (AvgIpc) is 2.42. The number of hydrogen-bond acceptors (Lipinski definition) is 4. The highest BCUT2D eigenvalue weighted by Gasteiger charge is 2.37. The summed E-state index contributed by atoms with van der Waals surface area (Å²) in [6.07, 6.45) is 8.79. The fourth-order valence-corrected chi connectivity index (χ4v) is 4.45. The lowest BCUT2D eigenvalue weighted by atomic mass is 10.0. The second-order valence-corrected chi connectivity index (χ2v) is 10.6. The van der Waals surface area contributed by atoms with Crippen LogP contribution in [0.5, 0.6) is 0 Å². The van der Waals surface area contributed by atoms with E-state index in [1.807, 2.05) is 0 Å². The fourth-order valence-electron chi connectivity index (χ4n) is 2.65. The van der Waals surface area contributed by atoms with E-state index in [0.717, 1.165) is 12.8 Å². The molecule has 0 aromatic carbocycles. The van der Waals surface area contributed by atoms with E-state index in [2.05, 4.69) is 6.92 Å². The highest BCUT2D eigenvalue weighted by Crippen LogP contribution is 2.28. The summed E-state index contributed by atoms with van der Waals surface area (Å²) < 4.78 is 0. The van der Waals surface area contributed by atoms with Crippen molar-refractivity contribution >= 4 is 14.1 Å². The van der Waals surface area contributed by atoms with Crippen LogP contribution in [0.1, 0.15) is 64.7 Å². The number of aliphatic hydroxyl groups excluding tert-OH is 2. The smallest absolute Gasteiger partial charge is 0.192 e. The fraction of sp³-hybridized carbons (Fsp3) is 0.938. The third-order valence-corrected chi connectivity index (χ3v) is 6.32. The highest BCUT2D eigenvalue weighted by atomic mass is 28.4. The van der Waals surface area contributed by atoms with Gasteiger partial charge < -0.3 is 15.0 Å². The van der Waals surface area contributed by atoms with Crippen molar-refractivity contribution < 1.29 is 19.8 Å². The number of ketones is 1. The number of Topliss-reactive ketones (excluding diaryl/α,β-unsaturated/α-hetero) is 1. The lowest BCUT2D eigenvalue weighted by molar-refractivity contribution is -0.129. The number of unbranched alkanes of at least 4 members (excludes halogenated alkanes) is 7. The van der Waals surface area contributed by atoms with Crippen molar-refractivity contribution in [3.63, 3.8) is 0 Å². The summed E-state index contributed by atoms with van der Waals surface area (Å²) in [6, 6.07) is 0. The number of carbonyl (C=O) groups excluding carboxylic acids is 1. The van der Waals surface area contributed by atoms with Gasteiger partial charge in [-0.2, -0.15) is 0 Å². The summed E-state index contributed by atoms with van der Waals surface area (Å²) >= 11 is 0. The van der Waals surface area contributed by atoms with Gasteiger partial charge in [-0.1, -0.05) is 58.3 Å². The van der Waals surface area contributed by atoms with Crippen molar-refractivity contribution in [1.82, 2.24) is 0 Å². The lowest BCUT2D eigenvalue weighted by Gasteiger charge is -2.27.